The predicted molar refractivity (Wildman–Crippen MR) is 37.0 cm³/mol. The normalized spacial score (nSPS) is 10.3. The highest BCUT2D eigenvalue weighted by molar-refractivity contribution is 6.28. The second kappa shape index (κ2) is 2.39. The van der Waals surface area contributed by atoms with Crippen LogP contribution in [-0.4, -0.2) is 9.97 Å². The molecule has 2 aromatic heterocycles. The van der Waals surface area contributed by atoms with Crippen LogP contribution in [0.3, 0.4) is 0 Å². The molecule has 0 amide bonds. The van der Waals surface area contributed by atoms with Crippen molar-refractivity contribution in [3.8, 4) is 11.8 Å². The van der Waals surface area contributed by atoms with Gasteiger partial charge in [-0.25, -0.2) is 9.97 Å². The Hall–Kier alpha value is -1.29. The van der Waals surface area contributed by atoms with E-state index in [0.29, 0.717) is 11.8 Å². The largest absolute Gasteiger partial charge is 0.441 e. The van der Waals surface area contributed by atoms with E-state index >= 15 is 0 Å². The van der Waals surface area contributed by atoms with Crippen LogP contribution >= 0.6 is 11.6 Å². The molecule has 0 atom stereocenters. The number of nitrogens with zero attached hydrogens (tertiary/aromatic N) is 2. The number of hydrogen-bond acceptors (Lipinski definition) is 4. The minimum atomic E-state index is 0.221. The molecular weight excluding hydrogens is 168 g/mol. The Kier molecular flexibility index (Phi) is 1.40. The summed E-state index contributed by atoms with van der Waals surface area (Å²) in [4.78, 5) is 7.62. The molecule has 2 heterocycles. The number of rotatable bonds is 1. The molecule has 56 valence electrons. The van der Waals surface area contributed by atoms with Gasteiger partial charge >= 0.3 is 0 Å². The van der Waals surface area contributed by atoms with Gasteiger partial charge in [-0.2, -0.15) is 0 Å². The summed E-state index contributed by atoms with van der Waals surface area (Å²) in [5.41, 5.74) is 0. The number of aromatic nitrogens is 2. The highest BCUT2D eigenvalue weighted by Crippen LogP contribution is 2.18. The average Bonchev–Trinajstić information content (AvgIpc) is 2.55. The molecule has 0 aliphatic rings. The van der Waals surface area contributed by atoms with Crippen LogP contribution < -0.4 is 0 Å². The molecule has 2 rings (SSSR count). The summed E-state index contributed by atoms with van der Waals surface area (Å²) in [7, 11) is 0. The molecule has 0 aliphatic heterocycles. The highest BCUT2D eigenvalue weighted by Gasteiger charge is 2.08. The van der Waals surface area contributed by atoms with Crippen molar-refractivity contribution >= 4 is 11.6 Å². The summed E-state index contributed by atoms with van der Waals surface area (Å²) < 4.78 is 9.83. The monoisotopic (exact) mass is 170 g/mol. The molecule has 0 spiro atoms. The molecule has 5 heteroatoms. The Balaban J connectivity index is 2.45. The van der Waals surface area contributed by atoms with E-state index < -0.39 is 0 Å². The average molecular weight is 171 g/mol. The second-order valence-corrected chi connectivity index (χ2v) is 2.18. The SMILES string of the molecule is Clc1cnc(-c2ncco2)o1. The van der Waals surface area contributed by atoms with Gasteiger partial charge in [0.1, 0.15) is 6.26 Å². The molecule has 2 aromatic rings. The van der Waals surface area contributed by atoms with Gasteiger partial charge in [0.25, 0.3) is 11.8 Å². The lowest BCUT2D eigenvalue weighted by Crippen LogP contribution is -1.73. The van der Waals surface area contributed by atoms with E-state index in [-0.39, 0.29) is 5.22 Å². The van der Waals surface area contributed by atoms with Crippen LogP contribution in [0.2, 0.25) is 5.22 Å². The van der Waals surface area contributed by atoms with Gasteiger partial charge in [0, 0.05) is 0 Å². The first-order chi connectivity index (χ1) is 5.36. The molecule has 11 heavy (non-hydrogen) atoms. The molecule has 0 aromatic carbocycles. The van der Waals surface area contributed by atoms with Gasteiger partial charge in [0.2, 0.25) is 5.22 Å². The van der Waals surface area contributed by atoms with Crippen molar-refractivity contribution in [2.75, 3.05) is 0 Å². The first-order valence-corrected chi connectivity index (χ1v) is 3.25. The van der Waals surface area contributed by atoms with E-state index in [1.807, 2.05) is 0 Å². The van der Waals surface area contributed by atoms with E-state index in [1.165, 1.54) is 18.7 Å². The number of oxazole rings is 2. The lowest BCUT2D eigenvalue weighted by molar-refractivity contribution is 0.511. The third-order valence-electron chi connectivity index (χ3n) is 1.09. The van der Waals surface area contributed by atoms with Crippen LogP contribution in [0.4, 0.5) is 0 Å². The molecule has 0 aliphatic carbocycles. The summed E-state index contributed by atoms with van der Waals surface area (Å²) in [5.74, 6) is 0.622. The van der Waals surface area contributed by atoms with Crippen molar-refractivity contribution in [1.29, 1.82) is 0 Å². The van der Waals surface area contributed by atoms with Gasteiger partial charge in [-0.05, 0) is 11.6 Å². The van der Waals surface area contributed by atoms with Crippen LogP contribution in [0.1, 0.15) is 0 Å². The fourth-order valence-corrected chi connectivity index (χ4v) is 0.804. The lowest BCUT2D eigenvalue weighted by atomic mass is 10.7. The van der Waals surface area contributed by atoms with Crippen molar-refractivity contribution in [3.05, 3.63) is 23.9 Å². The summed E-state index contributed by atoms with van der Waals surface area (Å²) in [6, 6.07) is 0. The minimum absolute atomic E-state index is 0.221. The summed E-state index contributed by atoms with van der Waals surface area (Å²) >= 11 is 5.48. The maximum atomic E-state index is 5.48. The zero-order valence-electron chi connectivity index (χ0n) is 5.32. The Bertz CT molecular complexity index is 341. The molecule has 0 saturated carbocycles. The van der Waals surface area contributed by atoms with Crippen LogP contribution in [0.5, 0.6) is 0 Å². The quantitative estimate of drug-likeness (QED) is 0.657. The zero-order valence-corrected chi connectivity index (χ0v) is 6.08. The first-order valence-electron chi connectivity index (χ1n) is 2.87. The van der Waals surface area contributed by atoms with E-state index in [2.05, 4.69) is 9.97 Å². The van der Waals surface area contributed by atoms with E-state index in [0.717, 1.165) is 0 Å². The van der Waals surface area contributed by atoms with Gasteiger partial charge < -0.3 is 8.83 Å². The highest BCUT2D eigenvalue weighted by atomic mass is 35.5. The summed E-state index contributed by atoms with van der Waals surface area (Å²) in [5, 5.41) is 0.221. The molecule has 4 nitrogen and oxygen atoms in total. The maximum absolute atomic E-state index is 5.48. The van der Waals surface area contributed by atoms with Crippen molar-refractivity contribution in [2.45, 2.75) is 0 Å². The van der Waals surface area contributed by atoms with Crippen molar-refractivity contribution in [2.24, 2.45) is 0 Å². The smallest absolute Gasteiger partial charge is 0.285 e. The van der Waals surface area contributed by atoms with Gasteiger partial charge in [0.05, 0.1) is 12.4 Å². The Morgan fingerprint density at radius 1 is 1.27 bits per heavy atom. The standard InChI is InChI=1S/C6H3ClN2O2/c7-4-3-9-6(11-4)5-8-1-2-10-5/h1-3H. The second-order valence-electron chi connectivity index (χ2n) is 1.81. The van der Waals surface area contributed by atoms with Crippen LogP contribution in [0.15, 0.2) is 27.5 Å². The zero-order chi connectivity index (χ0) is 7.68. The Morgan fingerprint density at radius 3 is 2.73 bits per heavy atom. The summed E-state index contributed by atoms with van der Waals surface area (Å²) in [6.07, 6.45) is 4.34. The number of halogens is 1. The van der Waals surface area contributed by atoms with Crippen LogP contribution in [-0.2, 0) is 0 Å². The molecule has 0 saturated heterocycles. The van der Waals surface area contributed by atoms with Crippen molar-refractivity contribution in [1.82, 2.24) is 9.97 Å². The minimum Gasteiger partial charge on any atom is -0.441 e. The fourth-order valence-electron chi connectivity index (χ4n) is 0.682. The third-order valence-corrected chi connectivity index (χ3v) is 1.27. The van der Waals surface area contributed by atoms with Crippen molar-refractivity contribution in [3.63, 3.8) is 0 Å². The van der Waals surface area contributed by atoms with E-state index in [9.17, 15) is 0 Å². The van der Waals surface area contributed by atoms with Gasteiger partial charge in [-0.15, -0.1) is 0 Å². The predicted octanol–water partition coefficient (Wildman–Crippen LogP) is 1.98. The Labute approximate surface area is 66.8 Å². The molecule has 0 radical (unpaired) electrons. The Morgan fingerprint density at radius 2 is 2.18 bits per heavy atom. The molecule has 0 bridgehead atoms. The topological polar surface area (TPSA) is 52.1 Å². The maximum Gasteiger partial charge on any atom is 0.285 e. The number of hydrogen-bond donors (Lipinski definition) is 0. The lowest BCUT2D eigenvalue weighted by Gasteiger charge is -1.82. The summed E-state index contributed by atoms with van der Waals surface area (Å²) in [6.45, 7) is 0. The van der Waals surface area contributed by atoms with Gasteiger partial charge in [-0.1, -0.05) is 0 Å². The molecule has 0 fully saturated rings. The first kappa shape index (κ1) is 6.42. The third kappa shape index (κ3) is 1.12. The molecular formula is C6H3ClN2O2. The van der Waals surface area contributed by atoms with E-state index in [1.54, 1.807) is 0 Å². The van der Waals surface area contributed by atoms with Crippen LogP contribution in [0.25, 0.3) is 11.8 Å². The fraction of sp³-hybridized carbons (Fsp3) is 0. The van der Waals surface area contributed by atoms with Crippen LogP contribution in [0, 0.1) is 0 Å². The molecule has 0 N–H and O–H groups in total. The van der Waals surface area contributed by atoms with Gasteiger partial charge in [0.15, 0.2) is 0 Å². The molecule has 0 unspecified atom stereocenters. The van der Waals surface area contributed by atoms with E-state index in [4.69, 9.17) is 20.4 Å². The van der Waals surface area contributed by atoms with Gasteiger partial charge in [-0.3, -0.25) is 0 Å². The van der Waals surface area contributed by atoms with Crippen molar-refractivity contribution < 1.29 is 8.83 Å².